The van der Waals surface area contributed by atoms with E-state index >= 15 is 0 Å². The van der Waals surface area contributed by atoms with E-state index in [0.717, 1.165) is 17.9 Å². The number of aromatic nitrogens is 1. The van der Waals surface area contributed by atoms with E-state index < -0.39 is 0 Å². The molecule has 0 aliphatic carbocycles. The van der Waals surface area contributed by atoms with Crippen molar-refractivity contribution in [1.29, 1.82) is 0 Å². The molecule has 0 unspecified atom stereocenters. The van der Waals surface area contributed by atoms with Crippen LogP contribution in [0.2, 0.25) is 0 Å². The Labute approximate surface area is 85.0 Å². The fourth-order valence-corrected chi connectivity index (χ4v) is 2.50. The number of rotatable bonds is 0. The van der Waals surface area contributed by atoms with E-state index in [2.05, 4.69) is 5.32 Å². The maximum atomic E-state index is 11.7. The third-order valence-electron chi connectivity index (χ3n) is 2.37. The second-order valence-corrected chi connectivity index (χ2v) is 4.23. The minimum Gasteiger partial charge on any atom is -0.338 e. The van der Waals surface area contributed by atoms with Crippen molar-refractivity contribution in [3.05, 3.63) is 40.3 Å². The van der Waals surface area contributed by atoms with Gasteiger partial charge in [-0.05, 0) is 23.6 Å². The number of carbonyl (C=O) groups is 1. The Kier molecular flexibility index (Phi) is 1.52. The number of fused-ring (bicyclic) bond motifs is 2. The minimum absolute atomic E-state index is 0.0212. The molecule has 3 heterocycles. The Bertz CT molecular complexity index is 498. The Hall–Kier alpha value is -1.55. The van der Waals surface area contributed by atoms with Gasteiger partial charge in [0.1, 0.15) is 5.69 Å². The van der Waals surface area contributed by atoms with E-state index in [9.17, 15) is 4.79 Å². The zero-order valence-corrected chi connectivity index (χ0v) is 8.17. The molecule has 1 aliphatic rings. The molecule has 70 valence electrons. The standard InChI is InChI=1S/C10H8N2OS/c13-10-8-2-1-4-12(8)6-9-7(11-10)3-5-14-9/h1-5H,6H2,(H,11,13). The maximum absolute atomic E-state index is 11.7. The van der Waals surface area contributed by atoms with Crippen molar-refractivity contribution >= 4 is 22.9 Å². The van der Waals surface area contributed by atoms with Crippen LogP contribution in [0.25, 0.3) is 0 Å². The van der Waals surface area contributed by atoms with Gasteiger partial charge in [-0.2, -0.15) is 0 Å². The fourth-order valence-electron chi connectivity index (χ4n) is 1.67. The zero-order chi connectivity index (χ0) is 9.54. The second kappa shape index (κ2) is 2.72. The van der Waals surface area contributed by atoms with Crippen molar-refractivity contribution in [2.24, 2.45) is 0 Å². The van der Waals surface area contributed by atoms with Crippen LogP contribution in [0.5, 0.6) is 0 Å². The highest BCUT2D eigenvalue weighted by Gasteiger charge is 2.18. The first-order valence-electron chi connectivity index (χ1n) is 4.37. The lowest BCUT2D eigenvalue weighted by atomic mass is 10.4. The Morgan fingerprint density at radius 3 is 3.29 bits per heavy atom. The van der Waals surface area contributed by atoms with Crippen molar-refractivity contribution < 1.29 is 4.79 Å². The fraction of sp³-hybridized carbons (Fsp3) is 0.100. The number of carbonyl (C=O) groups excluding carboxylic acids is 1. The van der Waals surface area contributed by atoms with Crippen LogP contribution in [0.15, 0.2) is 29.8 Å². The summed E-state index contributed by atoms with van der Waals surface area (Å²) in [6.45, 7) is 0.786. The summed E-state index contributed by atoms with van der Waals surface area (Å²) in [4.78, 5) is 12.9. The lowest BCUT2D eigenvalue weighted by Gasteiger charge is -2.00. The van der Waals surface area contributed by atoms with Gasteiger partial charge in [-0.3, -0.25) is 4.79 Å². The first-order valence-corrected chi connectivity index (χ1v) is 5.25. The number of anilines is 1. The van der Waals surface area contributed by atoms with Crippen LogP contribution in [-0.2, 0) is 6.54 Å². The zero-order valence-electron chi connectivity index (χ0n) is 7.36. The summed E-state index contributed by atoms with van der Waals surface area (Å²) in [6, 6.07) is 5.68. The molecule has 0 atom stereocenters. The molecule has 3 nitrogen and oxygen atoms in total. The largest absolute Gasteiger partial charge is 0.338 e. The molecular formula is C10H8N2OS. The highest BCUT2D eigenvalue weighted by Crippen LogP contribution is 2.27. The molecule has 0 radical (unpaired) electrons. The summed E-state index contributed by atoms with van der Waals surface area (Å²) < 4.78 is 1.97. The van der Waals surface area contributed by atoms with Gasteiger partial charge < -0.3 is 9.88 Å². The first kappa shape index (κ1) is 7.82. The van der Waals surface area contributed by atoms with Gasteiger partial charge >= 0.3 is 0 Å². The molecule has 14 heavy (non-hydrogen) atoms. The summed E-state index contributed by atoms with van der Waals surface area (Å²) in [5.41, 5.74) is 1.68. The van der Waals surface area contributed by atoms with Gasteiger partial charge in [0.2, 0.25) is 0 Å². The van der Waals surface area contributed by atoms with Crippen molar-refractivity contribution in [2.45, 2.75) is 6.54 Å². The number of hydrogen-bond donors (Lipinski definition) is 1. The van der Waals surface area contributed by atoms with Crippen LogP contribution in [0.4, 0.5) is 5.69 Å². The molecule has 0 saturated heterocycles. The van der Waals surface area contributed by atoms with E-state index in [-0.39, 0.29) is 5.91 Å². The number of nitrogens with one attached hydrogen (secondary N) is 1. The maximum Gasteiger partial charge on any atom is 0.272 e. The van der Waals surface area contributed by atoms with E-state index in [4.69, 9.17) is 0 Å². The van der Waals surface area contributed by atoms with Gasteiger partial charge in [0.15, 0.2) is 0 Å². The molecule has 4 heteroatoms. The molecule has 0 spiro atoms. The minimum atomic E-state index is -0.0212. The molecule has 1 N–H and O–H groups in total. The van der Waals surface area contributed by atoms with E-state index in [1.807, 2.05) is 34.3 Å². The van der Waals surface area contributed by atoms with Crippen molar-refractivity contribution in [3.8, 4) is 0 Å². The summed E-state index contributed by atoms with van der Waals surface area (Å²) in [6.07, 6.45) is 1.93. The monoisotopic (exact) mass is 204 g/mol. The molecule has 2 aromatic heterocycles. The van der Waals surface area contributed by atoms with Crippen LogP contribution in [0.1, 0.15) is 15.4 Å². The van der Waals surface area contributed by atoms with Gasteiger partial charge in [-0.25, -0.2) is 0 Å². The topological polar surface area (TPSA) is 34.0 Å². The average Bonchev–Trinajstić information content (AvgIpc) is 2.75. The van der Waals surface area contributed by atoms with Gasteiger partial charge in [0.05, 0.1) is 12.2 Å². The Balaban J connectivity index is 2.18. The molecule has 0 bridgehead atoms. The summed E-state index contributed by atoms with van der Waals surface area (Å²) >= 11 is 1.67. The molecule has 0 aromatic carbocycles. The van der Waals surface area contributed by atoms with Crippen LogP contribution in [0, 0.1) is 0 Å². The number of hydrogen-bond acceptors (Lipinski definition) is 2. The SMILES string of the molecule is O=C1Nc2ccsc2Cn2cccc21. The van der Waals surface area contributed by atoms with Crippen LogP contribution in [0.3, 0.4) is 0 Å². The smallest absolute Gasteiger partial charge is 0.272 e. The van der Waals surface area contributed by atoms with Gasteiger partial charge in [-0.15, -0.1) is 11.3 Å². The molecule has 2 aromatic rings. The van der Waals surface area contributed by atoms with Crippen LogP contribution >= 0.6 is 11.3 Å². The predicted octanol–water partition coefficient (Wildman–Crippen LogP) is 2.16. The highest BCUT2D eigenvalue weighted by atomic mass is 32.1. The second-order valence-electron chi connectivity index (χ2n) is 3.23. The molecule has 3 rings (SSSR count). The normalized spacial score (nSPS) is 14.1. The molecule has 0 fully saturated rings. The summed E-state index contributed by atoms with van der Waals surface area (Å²) in [5, 5.41) is 4.89. The van der Waals surface area contributed by atoms with Gasteiger partial charge in [0.25, 0.3) is 5.91 Å². The highest BCUT2D eigenvalue weighted by molar-refractivity contribution is 7.10. The third-order valence-corrected chi connectivity index (χ3v) is 3.28. The number of thiophene rings is 1. The number of nitrogens with zero attached hydrogens (tertiary/aromatic N) is 1. The molecule has 1 amide bonds. The summed E-state index contributed by atoms with van der Waals surface area (Å²) in [7, 11) is 0. The lowest BCUT2D eigenvalue weighted by molar-refractivity contribution is 0.102. The summed E-state index contributed by atoms with van der Waals surface area (Å²) in [5.74, 6) is -0.0212. The van der Waals surface area contributed by atoms with Crippen LogP contribution < -0.4 is 5.32 Å². The predicted molar refractivity (Wildman–Crippen MR) is 55.8 cm³/mol. The van der Waals surface area contributed by atoms with E-state index in [1.165, 1.54) is 4.88 Å². The van der Waals surface area contributed by atoms with Crippen LogP contribution in [-0.4, -0.2) is 10.5 Å². The Morgan fingerprint density at radius 1 is 1.43 bits per heavy atom. The lowest BCUT2D eigenvalue weighted by Crippen LogP contribution is -2.12. The third kappa shape index (κ3) is 1.01. The van der Waals surface area contributed by atoms with E-state index in [0.29, 0.717) is 0 Å². The van der Waals surface area contributed by atoms with Gasteiger partial charge in [0, 0.05) is 11.1 Å². The average molecular weight is 204 g/mol. The van der Waals surface area contributed by atoms with Gasteiger partial charge in [-0.1, -0.05) is 0 Å². The molecular weight excluding hydrogens is 196 g/mol. The van der Waals surface area contributed by atoms with Crippen molar-refractivity contribution in [2.75, 3.05) is 5.32 Å². The molecule has 0 saturated carbocycles. The van der Waals surface area contributed by atoms with Crippen molar-refractivity contribution in [3.63, 3.8) is 0 Å². The first-order chi connectivity index (χ1) is 6.84. The molecule has 1 aliphatic heterocycles. The quantitative estimate of drug-likeness (QED) is 0.701. The van der Waals surface area contributed by atoms with E-state index in [1.54, 1.807) is 11.3 Å². The Morgan fingerprint density at radius 2 is 2.36 bits per heavy atom. The number of amides is 1. The van der Waals surface area contributed by atoms with Crippen molar-refractivity contribution in [1.82, 2.24) is 4.57 Å².